The quantitative estimate of drug-likeness (QED) is 0.422. The predicted octanol–water partition coefficient (Wildman–Crippen LogP) is 7.18. The van der Waals surface area contributed by atoms with E-state index in [9.17, 15) is 9.59 Å². The Balaban J connectivity index is 1.24. The lowest BCUT2D eigenvalue weighted by atomic mass is 9.48. The van der Waals surface area contributed by atoms with E-state index in [-0.39, 0.29) is 34.7 Å². The second kappa shape index (κ2) is 10.1. The highest BCUT2D eigenvalue weighted by molar-refractivity contribution is 5.89. The molecule has 6 rings (SSSR count). The van der Waals surface area contributed by atoms with Crippen molar-refractivity contribution in [3.05, 3.63) is 95.1 Å². The van der Waals surface area contributed by atoms with Crippen LogP contribution in [-0.2, 0) is 14.3 Å². The molecule has 4 aliphatic rings. The van der Waals surface area contributed by atoms with E-state index < -0.39 is 0 Å². The van der Waals surface area contributed by atoms with Crippen LogP contribution < -0.4 is 5.32 Å². The summed E-state index contributed by atoms with van der Waals surface area (Å²) in [5.74, 6) is 1.81. The fourth-order valence-electron chi connectivity index (χ4n) is 8.94. The van der Waals surface area contributed by atoms with Crippen molar-refractivity contribution in [3.8, 4) is 0 Å². The Labute approximate surface area is 232 Å². The molecule has 204 valence electrons. The highest BCUT2D eigenvalue weighted by Crippen LogP contribution is 2.66. The van der Waals surface area contributed by atoms with Crippen molar-refractivity contribution < 1.29 is 14.3 Å². The maximum absolute atomic E-state index is 14.1. The third-order valence-electron chi connectivity index (χ3n) is 11.1. The van der Waals surface area contributed by atoms with Crippen molar-refractivity contribution in [3.63, 3.8) is 0 Å². The molecule has 0 heterocycles. The molecule has 0 unspecified atom stereocenters. The summed E-state index contributed by atoms with van der Waals surface area (Å²) in [5, 5.41) is 3.49. The van der Waals surface area contributed by atoms with Gasteiger partial charge < -0.3 is 10.1 Å². The highest BCUT2D eigenvalue weighted by atomic mass is 16.5. The molecule has 0 saturated heterocycles. The van der Waals surface area contributed by atoms with E-state index in [1.54, 1.807) is 0 Å². The first-order chi connectivity index (χ1) is 18.8. The fourth-order valence-corrected chi connectivity index (χ4v) is 8.94. The van der Waals surface area contributed by atoms with E-state index in [4.69, 9.17) is 4.74 Å². The van der Waals surface area contributed by atoms with Crippen LogP contribution in [0.3, 0.4) is 0 Å². The van der Waals surface area contributed by atoms with Gasteiger partial charge in [-0.15, -0.1) is 0 Å². The van der Waals surface area contributed by atoms with Crippen LogP contribution >= 0.6 is 0 Å². The van der Waals surface area contributed by atoms with E-state index in [1.165, 1.54) is 12.7 Å². The molecule has 0 radical (unpaired) electrons. The van der Waals surface area contributed by atoms with E-state index in [0.29, 0.717) is 17.8 Å². The maximum atomic E-state index is 14.1. The molecule has 2 fully saturated rings. The molecule has 4 heteroatoms. The minimum absolute atomic E-state index is 0.0204. The predicted molar refractivity (Wildman–Crippen MR) is 154 cm³/mol. The monoisotopic (exact) mass is 523 g/mol. The summed E-state index contributed by atoms with van der Waals surface area (Å²) in [4.78, 5) is 26.3. The van der Waals surface area contributed by atoms with Gasteiger partial charge in [0.05, 0.1) is 13.2 Å². The van der Waals surface area contributed by atoms with Crippen LogP contribution in [0.5, 0.6) is 0 Å². The molecule has 4 aliphatic carbocycles. The van der Waals surface area contributed by atoms with E-state index >= 15 is 0 Å². The first-order valence-electron chi connectivity index (χ1n) is 14.7. The number of carbonyl (C=O) groups excluding carboxylic acids is 2. The van der Waals surface area contributed by atoms with E-state index in [0.717, 1.165) is 61.6 Å². The zero-order valence-electron chi connectivity index (χ0n) is 23.5. The number of rotatable bonds is 5. The van der Waals surface area contributed by atoms with Crippen LogP contribution in [0.2, 0.25) is 0 Å². The lowest BCUT2D eigenvalue weighted by Crippen LogP contribution is -2.51. The maximum Gasteiger partial charge on any atom is 0.333 e. The summed E-state index contributed by atoms with van der Waals surface area (Å²) in [5.41, 5.74) is 4.51. The molecule has 2 aromatic rings. The summed E-state index contributed by atoms with van der Waals surface area (Å²) < 4.78 is 5.02. The van der Waals surface area contributed by atoms with Gasteiger partial charge in [0.1, 0.15) is 0 Å². The number of hydrogen-bond acceptors (Lipinski definition) is 3. The van der Waals surface area contributed by atoms with Crippen molar-refractivity contribution >= 4 is 11.9 Å². The van der Waals surface area contributed by atoms with Crippen LogP contribution in [-0.4, -0.2) is 19.0 Å². The van der Waals surface area contributed by atoms with Gasteiger partial charge >= 0.3 is 5.97 Å². The van der Waals surface area contributed by atoms with Crippen molar-refractivity contribution in [1.29, 1.82) is 0 Å². The number of amides is 1. The number of benzene rings is 2. The number of ether oxygens (including phenoxy) is 1. The Kier molecular flexibility index (Phi) is 6.77. The first-order valence-corrected chi connectivity index (χ1v) is 14.7. The Hall–Kier alpha value is -3.14. The number of esters is 1. The fraction of sp³-hybridized carbons (Fsp3) is 0.486. The van der Waals surface area contributed by atoms with Gasteiger partial charge in [-0.05, 0) is 96.3 Å². The molecule has 2 aromatic carbocycles. The first kappa shape index (κ1) is 26.1. The van der Waals surface area contributed by atoms with Gasteiger partial charge in [-0.3, -0.25) is 4.79 Å². The van der Waals surface area contributed by atoms with Crippen LogP contribution in [0.25, 0.3) is 0 Å². The lowest BCUT2D eigenvalue weighted by molar-refractivity contribution is -0.136. The third kappa shape index (κ3) is 4.37. The molecular weight excluding hydrogens is 482 g/mol. The Bertz CT molecular complexity index is 1260. The second-order valence-corrected chi connectivity index (χ2v) is 12.8. The topological polar surface area (TPSA) is 55.4 Å². The average Bonchev–Trinajstić information content (AvgIpc) is 3.33. The smallest absolute Gasteiger partial charge is 0.333 e. The van der Waals surface area contributed by atoms with Crippen molar-refractivity contribution in [2.45, 2.75) is 64.8 Å². The molecule has 6 atom stereocenters. The number of carbonyl (C=O) groups is 2. The lowest BCUT2D eigenvalue weighted by Gasteiger charge is -2.57. The number of allylic oxidation sites excluding steroid dienone is 3. The summed E-state index contributed by atoms with van der Waals surface area (Å²) in [6.07, 6.45) is 11.7. The van der Waals surface area contributed by atoms with Crippen molar-refractivity contribution in [2.75, 3.05) is 7.11 Å². The Morgan fingerprint density at radius 1 is 0.897 bits per heavy atom. The zero-order chi connectivity index (χ0) is 27.2. The number of nitrogens with one attached hydrogen (secondary N) is 1. The van der Waals surface area contributed by atoms with Gasteiger partial charge in [-0.1, -0.05) is 80.6 Å². The SMILES string of the molecule is COC(=O)C1=CC2=CC[C@H]3[C@@H]4CC[C@H](C(=O)NC(c5ccccc5)c5ccccc5)[C@@]4(C)CC[C@@H]3[C@@]2(C)CC1. The normalized spacial score (nSPS) is 33.2. The Morgan fingerprint density at radius 3 is 2.21 bits per heavy atom. The second-order valence-electron chi connectivity index (χ2n) is 12.8. The van der Waals surface area contributed by atoms with Crippen LogP contribution in [0.4, 0.5) is 0 Å². The minimum atomic E-state index is -0.190. The van der Waals surface area contributed by atoms with Gasteiger partial charge in [-0.2, -0.15) is 0 Å². The molecule has 39 heavy (non-hydrogen) atoms. The molecule has 0 bridgehead atoms. The number of hydrogen-bond donors (Lipinski definition) is 1. The van der Waals surface area contributed by atoms with Gasteiger partial charge in [0, 0.05) is 11.5 Å². The standard InChI is InChI=1S/C35H41NO3/c1-34-20-18-25(33(38)39-3)22-26(34)14-15-27-28-16-17-30(35(28,2)21-19-29(27)34)32(37)36-31(23-10-6-4-7-11-23)24-12-8-5-9-13-24/h4-14,22,27-31H,15-21H2,1-3H3,(H,36,37)/t27-,28-,29-,30+,34-,35-/m0/s1. The largest absolute Gasteiger partial charge is 0.466 e. The van der Waals surface area contributed by atoms with Crippen molar-refractivity contribution in [2.24, 2.45) is 34.5 Å². The van der Waals surface area contributed by atoms with Gasteiger partial charge in [0.25, 0.3) is 0 Å². The zero-order valence-corrected chi connectivity index (χ0v) is 23.5. The molecule has 2 saturated carbocycles. The molecule has 1 N–H and O–H groups in total. The Morgan fingerprint density at radius 2 is 1.56 bits per heavy atom. The van der Waals surface area contributed by atoms with Crippen molar-refractivity contribution in [1.82, 2.24) is 5.32 Å². The average molecular weight is 524 g/mol. The molecule has 1 amide bonds. The van der Waals surface area contributed by atoms with Gasteiger partial charge in [-0.25, -0.2) is 4.79 Å². The molecule has 0 aliphatic heterocycles. The van der Waals surface area contributed by atoms with Crippen LogP contribution in [0.15, 0.2) is 84.0 Å². The number of fused-ring (bicyclic) bond motifs is 5. The third-order valence-corrected chi connectivity index (χ3v) is 11.1. The highest BCUT2D eigenvalue weighted by Gasteiger charge is 2.59. The molecular formula is C35H41NO3. The van der Waals surface area contributed by atoms with Gasteiger partial charge in [0.2, 0.25) is 5.91 Å². The summed E-state index contributed by atoms with van der Waals surface area (Å²) in [6, 6.07) is 20.5. The summed E-state index contributed by atoms with van der Waals surface area (Å²) in [6.45, 7) is 4.83. The molecule has 4 nitrogen and oxygen atoms in total. The molecule has 0 spiro atoms. The van der Waals surface area contributed by atoms with E-state index in [1.807, 2.05) is 36.4 Å². The minimum Gasteiger partial charge on any atom is -0.466 e. The van der Waals surface area contributed by atoms with E-state index in [2.05, 4.69) is 55.6 Å². The van der Waals surface area contributed by atoms with Crippen LogP contribution in [0.1, 0.15) is 76.0 Å². The number of methoxy groups -OCH3 is 1. The van der Waals surface area contributed by atoms with Crippen LogP contribution in [0, 0.1) is 34.5 Å². The molecule has 0 aromatic heterocycles. The summed E-state index contributed by atoms with van der Waals surface area (Å²) >= 11 is 0. The van der Waals surface area contributed by atoms with Gasteiger partial charge in [0.15, 0.2) is 0 Å². The summed E-state index contributed by atoms with van der Waals surface area (Å²) in [7, 11) is 1.47.